The molecule has 13 heteroatoms. The molecule has 2 saturated heterocycles. The van der Waals surface area contributed by atoms with E-state index in [0.29, 0.717) is 59.7 Å². The van der Waals surface area contributed by atoms with Crippen LogP contribution in [0.4, 0.5) is 23.4 Å². The highest BCUT2D eigenvalue weighted by Gasteiger charge is 2.37. The summed E-state index contributed by atoms with van der Waals surface area (Å²) in [5, 5.41) is 10.0. The minimum atomic E-state index is -4.58. The van der Waals surface area contributed by atoms with Gasteiger partial charge in [-0.1, -0.05) is 24.8 Å². The summed E-state index contributed by atoms with van der Waals surface area (Å²) in [5.74, 6) is -1.15. The monoisotopic (exact) mass is 638 g/mol. The molecule has 1 aromatic heterocycles. The number of anilines is 1. The number of nitriles is 1. The molecular weight excluding hydrogens is 604 g/mol. The Bertz CT molecular complexity index is 1710. The van der Waals surface area contributed by atoms with E-state index < -0.39 is 29.5 Å². The molecule has 0 N–H and O–H groups in total. The molecule has 0 saturated carbocycles. The van der Waals surface area contributed by atoms with Crippen molar-refractivity contribution in [1.29, 1.82) is 5.26 Å². The lowest BCUT2D eigenvalue weighted by molar-refractivity contribution is -0.137. The van der Waals surface area contributed by atoms with Crippen molar-refractivity contribution in [2.45, 2.75) is 50.4 Å². The fourth-order valence-corrected chi connectivity index (χ4v) is 6.71. The summed E-state index contributed by atoms with van der Waals surface area (Å²) in [7, 11) is 2.02. The number of carbonyl (C=O) groups is 1. The average Bonchev–Trinajstić information content (AvgIpc) is 3.46. The highest BCUT2D eigenvalue weighted by Crippen LogP contribution is 2.47. The quantitative estimate of drug-likeness (QED) is 0.247. The first-order valence-corrected chi connectivity index (χ1v) is 15.3. The number of likely N-dealkylation sites (tertiary alicyclic amines) is 1. The van der Waals surface area contributed by atoms with Crippen molar-refractivity contribution in [2.24, 2.45) is 0 Å². The van der Waals surface area contributed by atoms with Crippen LogP contribution in [-0.2, 0) is 17.4 Å². The third kappa shape index (κ3) is 6.06. The number of rotatable bonds is 7. The molecule has 0 spiro atoms. The second kappa shape index (κ2) is 12.7. The Balaban J connectivity index is 1.51. The fraction of sp³-hybridized carbons (Fsp3) is 0.455. The van der Waals surface area contributed by atoms with Crippen LogP contribution in [-0.4, -0.2) is 84.2 Å². The summed E-state index contributed by atoms with van der Waals surface area (Å²) in [6, 6.07) is 8.74. The standard InChI is InChI=1S/C33H34F4N6O3/c1-20(34)31(44)43-15-14-42(18-21(43)11-12-38)30-28-27(39-32(40-30)46-19-22-7-5-13-41(22)2)17-25(24-9-6-16-45-29(24)28)23-8-3-4-10-26(23)33(35,36)37/h3-4,8,10,17,21-22H,1,5-7,9,11,13-16,18-19H2,2H3. The van der Waals surface area contributed by atoms with Crippen LogP contribution < -0.4 is 14.4 Å². The van der Waals surface area contributed by atoms with Crippen molar-refractivity contribution in [1.82, 2.24) is 19.8 Å². The van der Waals surface area contributed by atoms with E-state index in [4.69, 9.17) is 19.4 Å². The first-order chi connectivity index (χ1) is 22.1. The van der Waals surface area contributed by atoms with Crippen LogP contribution in [0.25, 0.3) is 22.0 Å². The van der Waals surface area contributed by atoms with Gasteiger partial charge in [0.05, 0.1) is 41.6 Å². The van der Waals surface area contributed by atoms with Crippen LogP contribution in [0.3, 0.4) is 0 Å². The molecular formula is C33H34F4N6O3. The normalized spacial score (nSPS) is 20.3. The number of likely N-dealkylation sites (N-methyl/N-ethyl adjacent to an activating group) is 1. The van der Waals surface area contributed by atoms with E-state index in [1.54, 1.807) is 12.1 Å². The number of alkyl halides is 3. The Kier molecular flexibility index (Phi) is 8.74. The SMILES string of the molecule is C=C(F)C(=O)N1CCN(c2nc(OCC3CCCN3C)nc3cc(-c4ccccc4C(F)(F)F)c4c(c23)OCCC4)CC1CC#N. The summed E-state index contributed by atoms with van der Waals surface area (Å²) >= 11 is 0. The number of nitrogens with zero attached hydrogens (tertiary/aromatic N) is 6. The van der Waals surface area contributed by atoms with Gasteiger partial charge in [0.1, 0.15) is 18.2 Å². The van der Waals surface area contributed by atoms with Gasteiger partial charge in [0, 0.05) is 31.2 Å². The molecule has 6 rings (SSSR count). The van der Waals surface area contributed by atoms with Gasteiger partial charge >= 0.3 is 12.2 Å². The predicted molar refractivity (Wildman–Crippen MR) is 163 cm³/mol. The van der Waals surface area contributed by atoms with E-state index in [-0.39, 0.29) is 43.7 Å². The van der Waals surface area contributed by atoms with Gasteiger partial charge in [0.2, 0.25) is 0 Å². The first kappa shape index (κ1) is 31.5. The summed E-state index contributed by atoms with van der Waals surface area (Å²) in [4.78, 5) is 27.5. The molecule has 4 heterocycles. The van der Waals surface area contributed by atoms with E-state index in [2.05, 4.69) is 17.5 Å². The van der Waals surface area contributed by atoms with Crippen LogP contribution in [0.2, 0.25) is 0 Å². The summed E-state index contributed by atoms with van der Waals surface area (Å²) < 4.78 is 68.8. The Morgan fingerprint density at radius 3 is 2.67 bits per heavy atom. The van der Waals surface area contributed by atoms with Crippen molar-refractivity contribution in [3.8, 4) is 29.0 Å². The Hall–Kier alpha value is -4.44. The lowest BCUT2D eigenvalue weighted by atomic mass is 9.89. The van der Waals surface area contributed by atoms with Crippen molar-refractivity contribution >= 4 is 22.6 Å². The van der Waals surface area contributed by atoms with Gasteiger partial charge in [0.15, 0.2) is 5.83 Å². The van der Waals surface area contributed by atoms with E-state index in [1.807, 2.05) is 11.9 Å². The van der Waals surface area contributed by atoms with Gasteiger partial charge in [-0.05, 0) is 62.5 Å². The van der Waals surface area contributed by atoms with Crippen LogP contribution in [0.15, 0.2) is 42.7 Å². The molecule has 242 valence electrons. The van der Waals surface area contributed by atoms with E-state index in [9.17, 15) is 27.6 Å². The lowest BCUT2D eigenvalue weighted by Gasteiger charge is -2.41. The Morgan fingerprint density at radius 1 is 1.15 bits per heavy atom. The Morgan fingerprint density at radius 2 is 1.96 bits per heavy atom. The van der Waals surface area contributed by atoms with Gasteiger partial charge in [-0.2, -0.15) is 28.4 Å². The van der Waals surface area contributed by atoms with Crippen LogP contribution >= 0.6 is 0 Å². The van der Waals surface area contributed by atoms with Crippen LogP contribution in [0.1, 0.15) is 36.8 Å². The van der Waals surface area contributed by atoms with E-state index >= 15 is 0 Å². The maximum atomic E-state index is 14.2. The van der Waals surface area contributed by atoms with Gasteiger partial charge in [-0.3, -0.25) is 4.79 Å². The molecule has 2 unspecified atom stereocenters. The largest absolute Gasteiger partial charge is 0.492 e. The number of piperazine rings is 1. The maximum absolute atomic E-state index is 14.2. The van der Waals surface area contributed by atoms with Gasteiger partial charge in [-0.15, -0.1) is 0 Å². The van der Waals surface area contributed by atoms with E-state index in [0.717, 1.165) is 25.5 Å². The minimum Gasteiger partial charge on any atom is -0.492 e. The number of ether oxygens (including phenoxy) is 2. The second-order valence-corrected chi connectivity index (χ2v) is 11.9. The third-order valence-corrected chi connectivity index (χ3v) is 9.02. The molecule has 0 radical (unpaired) electrons. The smallest absolute Gasteiger partial charge is 0.417 e. The molecule has 0 aliphatic carbocycles. The number of amides is 1. The number of carbonyl (C=O) groups excluding carboxylic acids is 1. The zero-order valence-corrected chi connectivity index (χ0v) is 25.4. The number of halogens is 4. The van der Waals surface area contributed by atoms with Crippen molar-refractivity contribution < 1.29 is 31.8 Å². The number of hydrogen-bond donors (Lipinski definition) is 0. The molecule has 2 fully saturated rings. The summed E-state index contributed by atoms with van der Waals surface area (Å²) in [6.45, 7) is 5.25. The molecule has 0 bridgehead atoms. The number of benzene rings is 2. The highest BCUT2D eigenvalue weighted by molar-refractivity contribution is 6.00. The Labute approximate surface area is 264 Å². The topological polar surface area (TPSA) is 94.8 Å². The summed E-state index contributed by atoms with van der Waals surface area (Å²) in [5.41, 5.74) is 0.617. The van der Waals surface area contributed by atoms with Gasteiger partial charge < -0.3 is 24.2 Å². The molecule has 2 atom stereocenters. The number of aromatic nitrogens is 2. The maximum Gasteiger partial charge on any atom is 0.417 e. The van der Waals surface area contributed by atoms with Crippen molar-refractivity contribution in [2.75, 3.05) is 51.3 Å². The summed E-state index contributed by atoms with van der Waals surface area (Å²) in [6.07, 6.45) is -1.55. The molecule has 1 amide bonds. The first-order valence-electron chi connectivity index (χ1n) is 15.3. The molecule has 2 aromatic carbocycles. The number of fused-ring (bicyclic) bond motifs is 3. The number of hydrogen-bond acceptors (Lipinski definition) is 8. The zero-order chi connectivity index (χ0) is 32.6. The lowest BCUT2D eigenvalue weighted by Crippen LogP contribution is -2.55. The third-order valence-electron chi connectivity index (χ3n) is 9.02. The second-order valence-electron chi connectivity index (χ2n) is 11.9. The average molecular weight is 639 g/mol. The van der Waals surface area contributed by atoms with Crippen molar-refractivity contribution in [3.05, 3.63) is 53.9 Å². The van der Waals surface area contributed by atoms with Gasteiger partial charge in [-0.25, -0.2) is 4.39 Å². The van der Waals surface area contributed by atoms with Crippen molar-refractivity contribution in [3.63, 3.8) is 0 Å². The molecule has 3 aliphatic rings. The molecule has 3 aliphatic heterocycles. The predicted octanol–water partition coefficient (Wildman–Crippen LogP) is 5.53. The molecule has 3 aromatic rings. The fourth-order valence-electron chi connectivity index (χ4n) is 6.71. The molecule has 46 heavy (non-hydrogen) atoms. The van der Waals surface area contributed by atoms with E-state index in [1.165, 1.54) is 17.0 Å². The zero-order valence-electron chi connectivity index (χ0n) is 25.4. The molecule has 9 nitrogen and oxygen atoms in total. The van der Waals surface area contributed by atoms with Crippen LogP contribution in [0, 0.1) is 11.3 Å². The minimum absolute atomic E-state index is 0.0292. The van der Waals surface area contributed by atoms with Crippen LogP contribution in [0.5, 0.6) is 11.8 Å². The van der Waals surface area contributed by atoms with Gasteiger partial charge in [0.25, 0.3) is 5.91 Å². The highest BCUT2D eigenvalue weighted by atomic mass is 19.4.